The van der Waals surface area contributed by atoms with Gasteiger partial charge in [0.2, 0.25) is 0 Å². The van der Waals surface area contributed by atoms with Gasteiger partial charge in [-0.05, 0) is 12.8 Å². The van der Waals surface area contributed by atoms with Crippen molar-refractivity contribution in [3.8, 4) is 6.07 Å². The molecule has 0 aromatic rings. The van der Waals surface area contributed by atoms with Crippen LogP contribution in [0.4, 0.5) is 0 Å². The average Bonchev–Trinajstić information content (AvgIpc) is 2.50. The Bertz CT molecular complexity index is 187. The third-order valence-corrected chi connectivity index (χ3v) is 2.54. The molecule has 2 fully saturated rings. The number of rotatable bonds is 0. The highest BCUT2D eigenvalue weighted by atomic mass is 16.5. The largest absolute Gasteiger partial charge is 0.376 e. The predicted molar refractivity (Wildman–Crippen MR) is 39.9 cm³/mol. The fraction of sp³-hybridized carbons (Fsp3) is 0.875. The number of ether oxygens (including phenoxy) is 1. The van der Waals surface area contributed by atoms with Gasteiger partial charge in [-0.15, -0.1) is 0 Å². The van der Waals surface area contributed by atoms with Gasteiger partial charge in [0.25, 0.3) is 0 Å². The summed E-state index contributed by atoms with van der Waals surface area (Å²) in [5.41, 5.74) is 0. The van der Waals surface area contributed by atoms with E-state index in [2.05, 4.69) is 11.4 Å². The highest BCUT2D eigenvalue weighted by Gasteiger charge is 2.34. The minimum Gasteiger partial charge on any atom is -0.376 e. The van der Waals surface area contributed by atoms with Crippen molar-refractivity contribution < 1.29 is 4.74 Å². The molecule has 2 rings (SSSR count). The van der Waals surface area contributed by atoms with Gasteiger partial charge in [-0.2, -0.15) is 5.26 Å². The monoisotopic (exact) mass is 152 g/mol. The molecule has 60 valence electrons. The van der Waals surface area contributed by atoms with Gasteiger partial charge in [0, 0.05) is 19.2 Å². The lowest BCUT2D eigenvalue weighted by molar-refractivity contribution is 0.0689. The third-order valence-electron chi connectivity index (χ3n) is 2.54. The van der Waals surface area contributed by atoms with Crippen molar-refractivity contribution in [3.05, 3.63) is 0 Å². The number of hydrogen-bond donors (Lipinski definition) is 1. The van der Waals surface area contributed by atoms with Crippen molar-refractivity contribution in [1.29, 1.82) is 5.26 Å². The molecule has 2 aliphatic heterocycles. The smallest absolute Gasteiger partial charge is 0.0741 e. The number of nitrogens with zero attached hydrogens (tertiary/aromatic N) is 1. The highest BCUT2D eigenvalue weighted by molar-refractivity contribution is 4.96. The molecule has 3 heteroatoms. The Morgan fingerprint density at radius 1 is 1.55 bits per heavy atom. The Morgan fingerprint density at radius 2 is 2.45 bits per heavy atom. The Labute approximate surface area is 66.3 Å². The molecule has 0 bridgehead atoms. The van der Waals surface area contributed by atoms with Crippen LogP contribution in [0.1, 0.15) is 12.8 Å². The molecule has 0 aromatic heterocycles. The van der Waals surface area contributed by atoms with Crippen LogP contribution in [0.25, 0.3) is 0 Å². The van der Waals surface area contributed by atoms with Crippen LogP contribution in [0.5, 0.6) is 0 Å². The maximum atomic E-state index is 8.67. The Kier molecular flexibility index (Phi) is 1.80. The van der Waals surface area contributed by atoms with E-state index >= 15 is 0 Å². The van der Waals surface area contributed by atoms with Gasteiger partial charge in [-0.3, -0.25) is 0 Å². The van der Waals surface area contributed by atoms with E-state index < -0.39 is 0 Å². The molecule has 0 amide bonds. The van der Waals surface area contributed by atoms with Gasteiger partial charge in [0.15, 0.2) is 0 Å². The molecule has 2 aliphatic rings. The zero-order chi connectivity index (χ0) is 7.68. The van der Waals surface area contributed by atoms with E-state index in [4.69, 9.17) is 10.00 Å². The Hall–Kier alpha value is -0.590. The average molecular weight is 152 g/mol. The molecule has 0 radical (unpaired) electrons. The number of fused-ring (bicyclic) bond motifs is 1. The van der Waals surface area contributed by atoms with Gasteiger partial charge in [-0.25, -0.2) is 0 Å². The maximum absolute atomic E-state index is 8.67. The molecule has 0 spiro atoms. The van der Waals surface area contributed by atoms with Gasteiger partial charge in [0.05, 0.1) is 18.1 Å². The van der Waals surface area contributed by atoms with E-state index in [9.17, 15) is 0 Å². The number of hydrogen-bond acceptors (Lipinski definition) is 3. The molecule has 0 saturated carbocycles. The summed E-state index contributed by atoms with van der Waals surface area (Å²) >= 11 is 0. The number of piperidine rings is 1. The molecule has 2 heterocycles. The van der Waals surface area contributed by atoms with Crippen LogP contribution in [-0.2, 0) is 4.74 Å². The normalized spacial score (nSPS) is 43.0. The fourth-order valence-electron chi connectivity index (χ4n) is 1.87. The summed E-state index contributed by atoms with van der Waals surface area (Å²) in [6, 6.07) is 2.80. The molecular formula is C8H12N2O. The van der Waals surface area contributed by atoms with Crippen LogP contribution in [-0.4, -0.2) is 25.3 Å². The van der Waals surface area contributed by atoms with Crippen LogP contribution in [0, 0.1) is 17.2 Å². The van der Waals surface area contributed by atoms with E-state index in [0.717, 1.165) is 26.0 Å². The predicted octanol–water partition coefficient (Wildman–Crippen LogP) is 0.277. The second-order valence-corrected chi connectivity index (χ2v) is 3.27. The first kappa shape index (κ1) is 7.08. The highest BCUT2D eigenvalue weighted by Crippen LogP contribution is 2.24. The number of nitrogens with one attached hydrogen (secondary N) is 1. The molecule has 3 nitrogen and oxygen atoms in total. The molecule has 0 aromatic carbocycles. The summed E-state index contributed by atoms with van der Waals surface area (Å²) in [4.78, 5) is 0. The summed E-state index contributed by atoms with van der Waals surface area (Å²) in [5, 5.41) is 12.0. The lowest BCUT2D eigenvalue weighted by Crippen LogP contribution is -2.45. The SMILES string of the molecule is N#CC1CNC2CCOC2C1. The zero-order valence-corrected chi connectivity index (χ0v) is 6.42. The first-order valence-corrected chi connectivity index (χ1v) is 4.15. The van der Waals surface area contributed by atoms with E-state index in [1.54, 1.807) is 0 Å². The molecule has 3 unspecified atom stereocenters. The summed E-state index contributed by atoms with van der Waals surface area (Å²) in [5.74, 6) is 0.161. The standard InChI is InChI=1S/C8H12N2O/c9-4-6-3-8-7(10-5-6)1-2-11-8/h6-8,10H,1-3,5H2. The summed E-state index contributed by atoms with van der Waals surface area (Å²) in [6.07, 6.45) is 2.35. The fourth-order valence-corrected chi connectivity index (χ4v) is 1.87. The summed E-state index contributed by atoms with van der Waals surface area (Å²) < 4.78 is 5.48. The molecule has 3 atom stereocenters. The van der Waals surface area contributed by atoms with Crippen LogP contribution >= 0.6 is 0 Å². The minimum atomic E-state index is 0.161. The van der Waals surface area contributed by atoms with Crippen LogP contribution in [0.3, 0.4) is 0 Å². The first-order chi connectivity index (χ1) is 5.40. The zero-order valence-electron chi connectivity index (χ0n) is 6.42. The van der Waals surface area contributed by atoms with Crippen molar-refractivity contribution in [2.75, 3.05) is 13.2 Å². The molecular weight excluding hydrogens is 140 g/mol. The first-order valence-electron chi connectivity index (χ1n) is 4.15. The molecule has 11 heavy (non-hydrogen) atoms. The summed E-state index contributed by atoms with van der Waals surface area (Å²) in [7, 11) is 0. The lowest BCUT2D eigenvalue weighted by atomic mass is 9.93. The Morgan fingerprint density at radius 3 is 3.27 bits per heavy atom. The van der Waals surface area contributed by atoms with E-state index in [-0.39, 0.29) is 5.92 Å². The summed E-state index contributed by atoms with van der Waals surface area (Å²) in [6.45, 7) is 1.71. The van der Waals surface area contributed by atoms with Crippen LogP contribution < -0.4 is 5.32 Å². The molecule has 1 N–H and O–H groups in total. The van der Waals surface area contributed by atoms with Gasteiger partial charge in [-0.1, -0.05) is 0 Å². The van der Waals surface area contributed by atoms with Gasteiger partial charge >= 0.3 is 0 Å². The lowest BCUT2D eigenvalue weighted by Gasteiger charge is -2.28. The molecule has 2 saturated heterocycles. The van der Waals surface area contributed by atoms with Gasteiger partial charge < -0.3 is 10.1 Å². The van der Waals surface area contributed by atoms with Crippen molar-refractivity contribution >= 4 is 0 Å². The van der Waals surface area contributed by atoms with Crippen molar-refractivity contribution in [2.45, 2.75) is 25.0 Å². The van der Waals surface area contributed by atoms with Crippen molar-refractivity contribution in [1.82, 2.24) is 5.32 Å². The van der Waals surface area contributed by atoms with E-state index in [0.29, 0.717) is 12.1 Å². The van der Waals surface area contributed by atoms with E-state index in [1.165, 1.54) is 0 Å². The van der Waals surface area contributed by atoms with Crippen LogP contribution in [0.2, 0.25) is 0 Å². The van der Waals surface area contributed by atoms with Crippen LogP contribution in [0.15, 0.2) is 0 Å². The van der Waals surface area contributed by atoms with Crippen molar-refractivity contribution in [2.24, 2.45) is 5.92 Å². The quantitative estimate of drug-likeness (QED) is 0.542. The second-order valence-electron chi connectivity index (χ2n) is 3.27. The number of nitriles is 1. The third kappa shape index (κ3) is 1.24. The van der Waals surface area contributed by atoms with E-state index in [1.807, 2.05) is 0 Å². The Balaban J connectivity index is 1.97. The van der Waals surface area contributed by atoms with Crippen molar-refractivity contribution in [3.63, 3.8) is 0 Å². The van der Waals surface area contributed by atoms with Gasteiger partial charge in [0.1, 0.15) is 0 Å². The maximum Gasteiger partial charge on any atom is 0.0741 e. The minimum absolute atomic E-state index is 0.161. The second kappa shape index (κ2) is 2.80. The molecule has 0 aliphatic carbocycles. The topological polar surface area (TPSA) is 45.0 Å².